The Morgan fingerprint density at radius 1 is 1.05 bits per heavy atom. The van der Waals surface area contributed by atoms with E-state index < -0.39 is 6.10 Å². The zero-order chi connectivity index (χ0) is 14.8. The summed E-state index contributed by atoms with van der Waals surface area (Å²) in [6, 6.07) is 12.0. The van der Waals surface area contributed by atoms with Crippen LogP contribution >= 0.6 is 0 Å². The average Bonchev–Trinajstić information content (AvgIpc) is 2.96. The molecule has 1 aromatic heterocycles. The molecule has 1 N–H and O–H groups in total. The van der Waals surface area contributed by atoms with Crippen LogP contribution in [-0.2, 0) is 0 Å². The molecule has 1 aromatic carbocycles. The van der Waals surface area contributed by atoms with Gasteiger partial charge >= 0.3 is 0 Å². The van der Waals surface area contributed by atoms with Crippen LogP contribution in [0.2, 0.25) is 0 Å². The number of aliphatic hydroxyl groups excluding tert-OH is 1. The summed E-state index contributed by atoms with van der Waals surface area (Å²) in [7, 11) is 0. The highest BCUT2D eigenvalue weighted by Gasteiger charge is 2.30. The Balaban J connectivity index is 1.76. The van der Waals surface area contributed by atoms with Gasteiger partial charge in [0.1, 0.15) is 6.10 Å². The lowest BCUT2D eigenvalue weighted by Gasteiger charge is -2.33. The van der Waals surface area contributed by atoms with Crippen molar-refractivity contribution in [3.05, 3.63) is 48.3 Å². The van der Waals surface area contributed by atoms with E-state index in [0.717, 1.165) is 24.2 Å². The highest BCUT2D eigenvalue weighted by Crippen LogP contribution is 2.39. The molecule has 3 rings (SSSR count). The molecule has 2 aromatic rings. The molecule has 3 atom stereocenters. The quantitative estimate of drug-likeness (QED) is 0.926. The predicted molar refractivity (Wildman–Crippen MR) is 84.2 cm³/mol. The van der Waals surface area contributed by atoms with Gasteiger partial charge in [0.25, 0.3) is 0 Å². The van der Waals surface area contributed by atoms with Gasteiger partial charge in [-0.2, -0.15) is 5.10 Å². The molecule has 1 heterocycles. The van der Waals surface area contributed by atoms with E-state index >= 15 is 0 Å². The molecule has 0 spiro atoms. The largest absolute Gasteiger partial charge is 0.386 e. The third-order valence-corrected chi connectivity index (χ3v) is 4.59. The van der Waals surface area contributed by atoms with E-state index in [2.05, 4.69) is 18.9 Å². The van der Waals surface area contributed by atoms with Gasteiger partial charge in [0, 0.05) is 6.20 Å². The Morgan fingerprint density at radius 2 is 1.71 bits per heavy atom. The summed E-state index contributed by atoms with van der Waals surface area (Å²) in [5.74, 6) is 1.73. The summed E-state index contributed by atoms with van der Waals surface area (Å²) in [6.07, 6.45) is 4.97. The van der Waals surface area contributed by atoms with Crippen LogP contribution in [0.3, 0.4) is 0 Å². The van der Waals surface area contributed by atoms with Crippen molar-refractivity contribution in [3.8, 4) is 5.69 Å². The maximum Gasteiger partial charge on any atom is 0.101 e. The van der Waals surface area contributed by atoms with Crippen LogP contribution in [0.4, 0.5) is 0 Å². The summed E-state index contributed by atoms with van der Waals surface area (Å²) < 4.78 is 1.84. The minimum absolute atomic E-state index is 0.336. The molecule has 0 aliphatic heterocycles. The fraction of sp³-hybridized carbons (Fsp3) is 0.500. The Hall–Kier alpha value is -1.61. The summed E-state index contributed by atoms with van der Waals surface area (Å²) in [5, 5.41) is 15.2. The maximum absolute atomic E-state index is 10.7. The maximum atomic E-state index is 10.7. The molecular weight excluding hydrogens is 260 g/mol. The SMILES string of the molecule is CC1CC(C)CC(C(O)c2ccn(-c3ccccc3)n2)C1. The third-order valence-electron chi connectivity index (χ3n) is 4.59. The van der Waals surface area contributed by atoms with Gasteiger partial charge in [0.05, 0.1) is 11.4 Å². The van der Waals surface area contributed by atoms with E-state index in [1.165, 1.54) is 6.42 Å². The molecule has 3 heteroatoms. The van der Waals surface area contributed by atoms with Gasteiger partial charge in [-0.3, -0.25) is 0 Å². The summed E-state index contributed by atoms with van der Waals surface area (Å²) in [5.41, 5.74) is 1.83. The fourth-order valence-corrected chi connectivity index (χ4v) is 3.73. The number of para-hydroxylation sites is 1. The molecule has 0 radical (unpaired) electrons. The second-order valence-electron chi connectivity index (χ2n) is 6.64. The number of hydrogen-bond donors (Lipinski definition) is 1. The van der Waals surface area contributed by atoms with Crippen molar-refractivity contribution >= 4 is 0 Å². The normalized spacial score (nSPS) is 27.5. The number of hydrogen-bond acceptors (Lipinski definition) is 2. The monoisotopic (exact) mass is 284 g/mol. The van der Waals surface area contributed by atoms with Gasteiger partial charge in [0.15, 0.2) is 0 Å². The lowest BCUT2D eigenvalue weighted by molar-refractivity contribution is 0.0519. The van der Waals surface area contributed by atoms with Gasteiger partial charge < -0.3 is 5.11 Å². The molecule has 0 amide bonds. The number of nitrogens with zero attached hydrogens (tertiary/aromatic N) is 2. The zero-order valence-corrected chi connectivity index (χ0v) is 12.8. The van der Waals surface area contributed by atoms with E-state index in [4.69, 9.17) is 0 Å². The first-order valence-corrected chi connectivity index (χ1v) is 7.92. The molecule has 3 nitrogen and oxygen atoms in total. The molecule has 1 aliphatic rings. The van der Waals surface area contributed by atoms with Gasteiger partial charge in [-0.05, 0) is 55.2 Å². The molecule has 1 fully saturated rings. The Morgan fingerprint density at radius 3 is 2.38 bits per heavy atom. The molecular formula is C18H24N2O. The Bertz CT molecular complexity index is 568. The van der Waals surface area contributed by atoms with Gasteiger partial charge in [-0.15, -0.1) is 0 Å². The highest BCUT2D eigenvalue weighted by molar-refractivity contribution is 5.30. The van der Waals surface area contributed by atoms with Crippen molar-refractivity contribution in [2.75, 3.05) is 0 Å². The van der Waals surface area contributed by atoms with Gasteiger partial charge in [-0.1, -0.05) is 32.0 Å². The van der Waals surface area contributed by atoms with Crippen LogP contribution in [-0.4, -0.2) is 14.9 Å². The first-order chi connectivity index (χ1) is 10.1. The van der Waals surface area contributed by atoms with Gasteiger partial charge in [0.2, 0.25) is 0 Å². The van der Waals surface area contributed by atoms with E-state index in [0.29, 0.717) is 17.8 Å². The summed E-state index contributed by atoms with van der Waals surface area (Å²) in [6.45, 7) is 4.58. The first kappa shape index (κ1) is 14.3. The lowest BCUT2D eigenvalue weighted by Crippen LogP contribution is -2.25. The standard InChI is InChI=1S/C18H24N2O/c1-13-10-14(2)12-15(11-13)18(21)17-8-9-20(19-17)16-6-4-3-5-7-16/h3-9,13-15,18,21H,10-12H2,1-2H3. The van der Waals surface area contributed by atoms with Crippen LogP contribution < -0.4 is 0 Å². The molecule has 0 bridgehead atoms. The van der Waals surface area contributed by atoms with Crippen LogP contribution in [0.5, 0.6) is 0 Å². The number of rotatable bonds is 3. The minimum Gasteiger partial charge on any atom is -0.386 e. The number of benzene rings is 1. The predicted octanol–water partition coefficient (Wildman–Crippen LogP) is 3.98. The average molecular weight is 284 g/mol. The van der Waals surface area contributed by atoms with Crippen molar-refractivity contribution in [2.24, 2.45) is 17.8 Å². The van der Waals surface area contributed by atoms with Gasteiger partial charge in [-0.25, -0.2) is 4.68 Å². The second-order valence-corrected chi connectivity index (χ2v) is 6.64. The van der Waals surface area contributed by atoms with E-state index in [9.17, 15) is 5.11 Å². The van der Waals surface area contributed by atoms with Crippen LogP contribution in [0.25, 0.3) is 5.69 Å². The fourth-order valence-electron chi connectivity index (χ4n) is 3.73. The molecule has 1 aliphatic carbocycles. The molecule has 0 saturated heterocycles. The molecule has 1 saturated carbocycles. The van der Waals surface area contributed by atoms with Crippen molar-refractivity contribution < 1.29 is 5.11 Å². The first-order valence-electron chi connectivity index (χ1n) is 7.92. The minimum atomic E-state index is -0.444. The number of aliphatic hydroxyl groups is 1. The topological polar surface area (TPSA) is 38.0 Å². The Kier molecular flexibility index (Phi) is 4.11. The lowest BCUT2D eigenvalue weighted by atomic mass is 9.74. The second kappa shape index (κ2) is 6.02. The van der Waals surface area contributed by atoms with E-state index in [1.54, 1.807) is 0 Å². The summed E-state index contributed by atoms with van der Waals surface area (Å²) >= 11 is 0. The number of aromatic nitrogens is 2. The van der Waals surface area contributed by atoms with Crippen LogP contribution in [0, 0.1) is 17.8 Å². The smallest absolute Gasteiger partial charge is 0.101 e. The zero-order valence-electron chi connectivity index (χ0n) is 12.8. The highest BCUT2D eigenvalue weighted by atomic mass is 16.3. The molecule has 3 unspecified atom stereocenters. The Labute approximate surface area is 126 Å². The third kappa shape index (κ3) is 3.18. The van der Waals surface area contributed by atoms with Crippen molar-refractivity contribution in [2.45, 2.75) is 39.2 Å². The van der Waals surface area contributed by atoms with Crippen molar-refractivity contribution in [1.29, 1.82) is 0 Å². The van der Waals surface area contributed by atoms with Crippen LogP contribution in [0.15, 0.2) is 42.6 Å². The van der Waals surface area contributed by atoms with E-state index in [1.807, 2.05) is 47.3 Å². The summed E-state index contributed by atoms with van der Waals surface area (Å²) in [4.78, 5) is 0. The van der Waals surface area contributed by atoms with Crippen LogP contribution in [0.1, 0.15) is 44.9 Å². The molecule has 112 valence electrons. The van der Waals surface area contributed by atoms with Crippen molar-refractivity contribution in [1.82, 2.24) is 9.78 Å². The molecule has 21 heavy (non-hydrogen) atoms. The van der Waals surface area contributed by atoms with Crippen molar-refractivity contribution in [3.63, 3.8) is 0 Å². The van der Waals surface area contributed by atoms with E-state index in [-0.39, 0.29) is 0 Å².